The first-order chi connectivity index (χ1) is 18.4. The highest BCUT2D eigenvalue weighted by Gasteiger charge is 2.36. The third-order valence-corrected chi connectivity index (χ3v) is 4.88. The number of carbonyl (C=O) groups is 1. The van der Waals surface area contributed by atoms with E-state index in [1.165, 1.54) is 60.9 Å². The molecule has 15 heteroatoms. The fourth-order valence-corrected chi connectivity index (χ4v) is 3.24. The molecule has 0 aliphatic carbocycles. The number of hydrogen-bond acceptors (Lipinski definition) is 8. The number of benzene rings is 2. The molecule has 0 saturated heterocycles. The molecule has 2 aromatic carbocycles. The summed E-state index contributed by atoms with van der Waals surface area (Å²) in [6.07, 6.45) is -3.42. The molecule has 3 aromatic heterocycles. The van der Waals surface area contributed by atoms with Crippen LogP contribution in [0.5, 0.6) is 11.5 Å². The standard InChI is InChI=1S/C12H6F3N3O3.C12H9FN2O3/c13-12(14,15)9-4-6(8-2-1-3-21-8)16-10-5-7(11(19)20)17-18(9)10;13-8-1-3-11(4-2-8)18-12-6-9(14)5-10(7-12)15(16)17/h1-5H,(H,19,20);1-7H,14H2. The van der Waals surface area contributed by atoms with Gasteiger partial charge in [0.2, 0.25) is 0 Å². The molecular formula is C24H15F4N5O6. The highest BCUT2D eigenvalue weighted by atomic mass is 19.4. The van der Waals surface area contributed by atoms with Gasteiger partial charge in [-0.25, -0.2) is 18.7 Å². The van der Waals surface area contributed by atoms with Crippen molar-refractivity contribution in [2.75, 3.05) is 5.73 Å². The maximum Gasteiger partial charge on any atom is 0.433 e. The average Bonchev–Trinajstić information content (AvgIpc) is 3.55. The summed E-state index contributed by atoms with van der Waals surface area (Å²) in [5.74, 6) is -1.08. The number of anilines is 1. The van der Waals surface area contributed by atoms with Gasteiger partial charge in [0.25, 0.3) is 5.69 Å². The number of halogens is 4. The molecule has 0 fully saturated rings. The number of ether oxygens (including phenoxy) is 1. The van der Waals surface area contributed by atoms with Crippen LogP contribution < -0.4 is 10.5 Å². The second-order valence-corrected chi connectivity index (χ2v) is 7.68. The highest BCUT2D eigenvalue weighted by molar-refractivity contribution is 5.86. The van der Waals surface area contributed by atoms with Gasteiger partial charge in [0.05, 0.1) is 17.3 Å². The van der Waals surface area contributed by atoms with Gasteiger partial charge in [0.1, 0.15) is 23.0 Å². The van der Waals surface area contributed by atoms with Gasteiger partial charge in [0.15, 0.2) is 22.8 Å². The van der Waals surface area contributed by atoms with Crippen molar-refractivity contribution in [1.82, 2.24) is 14.6 Å². The van der Waals surface area contributed by atoms with E-state index in [1.54, 1.807) is 0 Å². The van der Waals surface area contributed by atoms with Crippen LogP contribution in [0.4, 0.5) is 28.9 Å². The minimum absolute atomic E-state index is 0.0586. The van der Waals surface area contributed by atoms with Crippen molar-refractivity contribution in [3.8, 4) is 23.0 Å². The largest absolute Gasteiger partial charge is 0.476 e. The van der Waals surface area contributed by atoms with Crippen molar-refractivity contribution in [3.05, 3.63) is 100 Å². The number of aromatic carboxylic acids is 1. The molecule has 0 atom stereocenters. The minimum Gasteiger partial charge on any atom is -0.476 e. The van der Waals surface area contributed by atoms with Crippen LogP contribution in [0.1, 0.15) is 16.2 Å². The smallest absolute Gasteiger partial charge is 0.433 e. The lowest BCUT2D eigenvalue weighted by molar-refractivity contribution is -0.384. The molecule has 0 radical (unpaired) electrons. The maximum absolute atomic E-state index is 13.1. The molecule has 0 amide bonds. The van der Waals surface area contributed by atoms with Crippen LogP contribution in [0.2, 0.25) is 0 Å². The second kappa shape index (κ2) is 10.5. The van der Waals surface area contributed by atoms with Crippen molar-refractivity contribution in [1.29, 1.82) is 0 Å². The number of hydrogen-bond donors (Lipinski definition) is 2. The Morgan fingerprint density at radius 1 is 1.08 bits per heavy atom. The SMILES string of the molecule is Nc1cc(Oc2ccc(F)cc2)cc([N+](=O)[O-])c1.O=C(O)c1cc2nc(-c3ccco3)cc(C(F)(F)F)n2n1. The van der Waals surface area contributed by atoms with E-state index in [-0.39, 0.29) is 40.0 Å². The molecule has 0 aliphatic heterocycles. The number of nitrogens with zero attached hydrogens (tertiary/aromatic N) is 4. The van der Waals surface area contributed by atoms with E-state index in [2.05, 4.69) is 10.1 Å². The number of nitrogens with two attached hydrogens (primary N) is 1. The Kier molecular flexibility index (Phi) is 7.15. The first-order valence-electron chi connectivity index (χ1n) is 10.6. The molecule has 0 saturated carbocycles. The maximum atomic E-state index is 13.1. The molecule has 200 valence electrons. The molecule has 0 bridgehead atoms. The summed E-state index contributed by atoms with van der Waals surface area (Å²) in [4.78, 5) is 24.9. The average molecular weight is 545 g/mol. The van der Waals surface area contributed by atoms with Crippen molar-refractivity contribution in [2.45, 2.75) is 6.18 Å². The van der Waals surface area contributed by atoms with E-state index in [4.69, 9.17) is 20.0 Å². The van der Waals surface area contributed by atoms with Gasteiger partial charge in [-0.15, -0.1) is 0 Å². The molecule has 0 aliphatic rings. The number of alkyl halides is 3. The summed E-state index contributed by atoms with van der Waals surface area (Å²) in [6.45, 7) is 0. The van der Waals surface area contributed by atoms with Crippen LogP contribution in [0.3, 0.4) is 0 Å². The number of furan rings is 1. The van der Waals surface area contributed by atoms with Gasteiger partial charge in [-0.3, -0.25) is 10.1 Å². The molecule has 5 rings (SSSR count). The summed E-state index contributed by atoms with van der Waals surface area (Å²) in [5.41, 5.74) is 3.65. The van der Waals surface area contributed by atoms with Crippen molar-refractivity contribution in [2.24, 2.45) is 0 Å². The van der Waals surface area contributed by atoms with E-state index >= 15 is 0 Å². The lowest BCUT2D eigenvalue weighted by Crippen LogP contribution is -2.14. The third-order valence-electron chi connectivity index (χ3n) is 4.88. The summed E-state index contributed by atoms with van der Waals surface area (Å²) in [7, 11) is 0. The van der Waals surface area contributed by atoms with E-state index in [9.17, 15) is 32.5 Å². The van der Waals surface area contributed by atoms with Gasteiger partial charge in [-0.05, 0) is 42.5 Å². The lowest BCUT2D eigenvalue weighted by atomic mass is 10.2. The van der Waals surface area contributed by atoms with Crippen molar-refractivity contribution < 1.29 is 41.5 Å². The number of nitro benzene ring substituents is 1. The quantitative estimate of drug-likeness (QED) is 0.120. The highest BCUT2D eigenvalue weighted by Crippen LogP contribution is 2.32. The van der Waals surface area contributed by atoms with E-state index in [1.807, 2.05) is 0 Å². The van der Waals surface area contributed by atoms with Gasteiger partial charge < -0.3 is 20.0 Å². The zero-order chi connectivity index (χ0) is 28.3. The van der Waals surface area contributed by atoms with E-state index in [0.717, 1.165) is 12.1 Å². The third kappa shape index (κ3) is 6.27. The van der Waals surface area contributed by atoms with Crippen LogP contribution >= 0.6 is 0 Å². The Labute approximate surface area is 214 Å². The predicted octanol–water partition coefficient (Wildman–Crippen LogP) is 5.81. The second-order valence-electron chi connectivity index (χ2n) is 7.68. The molecule has 3 heterocycles. The predicted molar refractivity (Wildman–Crippen MR) is 127 cm³/mol. The molecule has 0 spiro atoms. The lowest BCUT2D eigenvalue weighted by Gasteiger charge is -2.09. The Morgan fingerprint density at radius 2 is 1.79 bits per heavy atom. The Morgan fingerprint density at radius 3 is 2.38 bits per heavy atom. The Bertz CT molecular complexity index is 1650. The Balaban J connectivity index is 0.000000183. The number of non-ortho nitro benzene ring substituents is 1. The molecule has 5 aromatic rings. The fraction of sp³-hybridized carbons (Fsp3) is 0.0417. The number of fused-ring (bicyclic) bond motifs is 1. The van der Waals surface area contributed by atoms with Crippen molar-refractivity contribution in [3.63, 3.8) is 0 Å². The zero-order valence-corrected chi connectivity index (χ0v) is 19.3. The molecule has 39 heavy (non-hydrogen) atoms. The van der Waals surface area contributed by atoms with Crippen LogP contribution in [0, 0.1) is 15.9 Å². The first kappa shape index (κ1) is 26.6. The number of nitrogen functional groups attached to an aromatic ring is 1. The van der Waals surface area contributed by atoms with Gasteiger partial charge in [-0.1, -0.05) is 0 Å². The van der Waals surface area contributed by atoms with Crippen molar-refractivity contribution >= 4 is 23.0 Å². The van der Waals surface area contributed by atoms with Gasteiger partial charge in [0, 0.05) is 23.9 Å². The minimum atomic E-state index is -4.72. The zero-order valence-electron chi connectivity index (χ0n) is 19.3. The fourth-order valence-electron chi connectivity index (χ4n) is 3.24. The normalized spacial score (nSPS) is 11.1. The summed E-state index contributed by atoms with van der Waals surface area (Å²) >= 11 is 0. The van der Waals surface area contributed by atoms with E-state index < -0.39 is 28.5 Å². The first-order valence-corrected chi connectivity index (χ1v) is 10.6. The summed E-state index contributed by atoms with van der Waals surface area (Å²) in [6, 6.07) is 13.9. The molecule has 3 N–H and O–H groups in total. The number of carboxylic acids is 1. The molecule has 11 nitrogen and oxygen atoms in total. The van der Waals surface area contributed by atoms with Crippen LogP contribution in [0.15, 0.2) is 77.4 Å². The number of rotatable bonds is 5. The van der Waals surface area contributed by atoms with Crippen LogP contribution in [0.25, 0.3) is 17.1 Å². The Hall–Kier alpha value is -5.47. The van der Waals surface area contributed by atoms with Crippen LogP contribution in [-0.2, 0) is 6.18 Å². The summed E-state index contributed by atoms with van der Waals surface area (Å²) < 4.78 is 62.8. The number of nitro groups is 1. The van der Waals surface area contributed by atoms with Crippen LogP contribution in [-0.4, -0.2) is 30.6 Å². The van der Waals surface area contributed by atoms with Gasteiger partial charge >= 0.3 is 12.1 Å². The molecular weight excluding hydrogens is 530 g/mol. The van der Waals surface area contributed by atoms with Gasteiger partial charge in [-0.2, -0.15) is 18.3 Å². The summed E-state index contributed by atoms with van der Waals surface area (Å²) in [5, 5.41) is 22.9. The number of carboxylic acid groups (broad SMARTS) is 1. The monoisotopic (exact) mass is 545 g/mol. The van der Waals surface area contributed by atoms with E-state index in [0.29, 0.717) is 10.3 Å². The molecule has 0 unspecified atom stereocenters. The topological polar surface area (TPSA) is 159 Å². The number of aromatic nitrogens is 3.